The Bertz CT molecular complexity index is 573. The molecule has 0 aromatic carbocycles. The van der Waals surface area contributed by atoms with Crippen LogP contribution in [-0.4, -0.2) is 21.9 Å². The monoisotopic (exact) mass is 288 g/mol. The van der Waals surface area contributed by atoms with E-state index in [4.69, 9.17) is 0 Å². The summed E-state index contributed by atoms with van der Waals surface area (Å²) in [7, 11) is 0. The van der Waals surface area contributed by atoms with E-state index in [2.05, 4.69) is 47.3 Å². The third-order valence-electron chi connectivity index (χ3n) is 4.06. The molecule has 0 radical (unpaired) electrons. The predicted molar refractivity (Wildman–Crippen MR) is 81.8 cm³/mol. The molecule has 1 atom stereocenters. The van der Waals surface area contributed by atoms with Gasteiger partial charge in [-0.15, -0.1) is 11.3 Å². The van der Waals surface area contributed by atoms with Crippen molar-refractivity contribution in [1.29, 1.82) is 0 Å². The number of hydrogen-bond acceptors (Lipinski definition) is 2. The van der Waals surface area contributed by atoms with Crippen LogP contribution in [0.2, 0.25) is 0 Å². The molecule has 0 saturated heterocycles. The lowest BCUT2D eigenvalue weighted by Gasteiger charge is -2.35. The summed E-state index contributed by atoms with van der Waals surface area (Å²) in [6.07, 6.45) is 4.72. The number of carbonyl (C=O) groups excluding carboxylic acids is 1. The number of aryl methyl sites for hydroxylation is 1. The number of carbonyl (C=O) groups is 1. The molecule has 3 heterocycles. The van der Waals surface area contributed by atoms with Crippen molar-refractivity contribution in [2.24, 2.45) is 0 Å². The summed E-state index contributed by atoms with van der Waals surface area (Å²) in [6, 6.07) is 8.61. The molecule has 106 valence electrons. The number of amides is 1. The Labute approximate surface area is 123 Å². The predicted octanol–water partition coefficient (Wildman–Crippen LogP) is 3.48. The lowest BCUT2D eigenvalue weighted by atomic mass is 10.1. The average Bonchev–Trinajstić information content (AvgIpc) is 3.09. The van der Waals surface area contributed by atoms with Crippen LogP contribution in [0.15, 0.2) is 35.8 Å². The molecular formula is C16H20N2OS. The molecule has 0 saturated carbocycles. The fraction of sp³-hybridized carbons (Fsp3) is 0.438. The van der Waals surface area contributed by atoms with Gasteiger partial charge in [-0.1, -0.05) is 6.07 Å². The zero-order chi connectivity index (χ0) is 13.9. The number of nitrogens with zero attached hydrogens (tertiary/aromatic N) is 2. The molecule has 3 rings (SSSR count). The highest BCUT2D eigenvalue weighted by molar-refractivity contribution is 7.09. The molecule has 2 aromatic rings. The second-order valence-electron chi connectivity index (χ2n) is 5.32. The number of rotatable bonds is 4. The number of thiophene rings is 1. The van der Waals surface area contributed by atoms with Gasteiger partial charge in [-0.2, -0.15) is 0 Å². The molecule has 1 amide bonds. The van der Waals surface area contributed by atoms with Gasteiger partial charge in [0, 0.05) is 36.3 Å². The van der Waals surface area contributed by atoms with Gasteiger partial charge in [-0.25, -0.2) is 0 Å². The van der Waals surface area contributed by atoms with Crippen molar-refractivity contribution in [3.63, 3.8) is 0 Å². The maximum Gasteiger partial charge on any atom is 0.223 e. The van der Waals surface area contributed by atoms with Crippen LogP contribution < -0.4 is 0 Å². The van der Waals surface area contributed by atoms with Crippen molar-refractivity contribution in [2.45, 2.75) is 38.8 Å². The molecule has 0 spiro atoms. The summed E-state index contributed by atoms with van der Waals surface area (Å²) in [6.45, 7) is 3.88. The van der Waals surface area contributed by atoms with Crippen LogP contribution in [-0.2, 0) is 17.8 Å². The first kappa shape index (κ1) is 13.4. The van der Waals surface area contributed by atoms with Gasteiger partial charge in [-0.05, 0) is 43.3 Å². The molecule has 0 N–H and O–H groups in total. The van der Waals surface area contributed by atoms with Gasteiger partial charge < -0.3 is 9.47 Å². The third-order valence-corrected chi connectivity index (χ3v) is 4.99. The molecule has 0 fully saturated rings. The standard InChI is InChI=1S/C16H20N2OS/c1-13-15-7-3-9-17(15)10-11-18(13)16(19)8-2-5-14-6-4-12-20-14/h3-4,6-7,9,12-13H,2,5,8,10-11H2,1H3/t13-/m0/s1. The van der Waals surface area contributed by atoms with Gasteiger partial charge in [0.15, 0.2) is 0 Å². The minimum Gasteiger partial charge on any atom is -0.348 e. The molecule has 0 bridgehead atoms. The second-order valence-corrected chi connectivity index (χ2v) is 6.35. The molecule has 20 heavy (non-hydrogen) atoms. The summed E-state index contributed by atoms with van der Waals surface area (Å²) >= 11 is 1.77. The average molecular weight is 288 g/mol. The maximum absolute atomic E-state index is 12.4. The van der Waals surface area contributed by atoms with Crippen LogP contribution in [0.1, 0.15) is 36.4 Å². The molecule has 1 aliphatic heterocycles. The van der Waals surface area contributed by atoms with Crippen molar-refractivity contribution in [3.05, 3.63) is 46.4 Å². The molecule has 1 aliphatic rings. The highest BCUT2D eigenvalue weighted by atomic mass is 32.1. The Morgan fingerprint density at radius 1 is 1.35 bits per heavy atom. The van der Waals surface area contributed by atoms with Crippen molar-refractivity contribution >= 4 is 17.2 Å². The number of aromatic nitrogens is 1. The Morgan fingerprint density at radius 2 is 2.25 bits per heavy atom. The Morgan fingerprint density at radius 3 is 3.05 bits per heavy atom. The zero-order valence-corrected chi connectivity index (χ0v) is 12.6. The van der Waals surface area contributed by atoms with Gasteiger partial charge in [0.25, 0.3) is 0 Å². The van der Waals surface area contributed by atoms with E-state index in [9.17, 15) is 4.79 Å². The van der Waals surface area contributed by atoms with Crippen molar-refractivity contribution in [1.82, 2.24) is 9.47 Å². The van der Waals surface area contributed by atoms with Gasteiger partial charge in [0.05, 0.1) is 6.04 Å². The summed E-state index contributed by atoms with van der Waals surface area (Å²) < 4.78 is 2.25. The van der Waals surface area contributed by atoms with Crippen LogP contribution >= 0.6 is 11.3 Å². The van der Waals surface area contributed by atoms with E-state index in [-0.39, 0.29) is 6.04 Å². The first-order valence-corrected chi connectivity index (χ1v) is 8.10. The van der Waals surface area contributed by atoms with E-state index in [1.54, 1.807) is 11.3 Å². The van der Waals surface area contributed by atoms with Crippen molar-refractivity contribution in [3.8, 4) is 0 Å². The second kappa shape index (κ2) is 5.83. The van der Waals surface area contributed by atoms with Gasteiger partial charge >= 0.3 is 0 Å². The van der Waals surface area contributed by atoms with Crippen molar-refractivity contribution < 1.29 is 4.79 Å². The van der Waals surface area contributed by atoms with E-state index < -0.39 is 0 Å². The summed E-state index contributed by atoms with van der Waals surface area (Å²) in [4.78, 5) is 15.8. The topological polar surface area (TPSA) is 25.2 Å². The SMILES string of the molecule is C[C@H]1c2cccn2CCN1C(=O)CCCc1cccs1. The third kappa shape index (κ3) is 2.66. The summed E-state index contributed by atoms with van der Waals surface area (Å²) in [5.41, 5.74) is 1.25. The van der Waals surface area contributed by atoms with Crippen LogP contribution in [0, 0.1) is 0 Å². The quantitative estimate of drug-likeness (QED) is 0.845. The van der Waals surface area contributed by atoms with Crippen LogP contribution in [0.3, 0.4) is 0 Å². The number of hydrogen-bond donors (Lipinski definition) is 0. The zero-order valence-electron chi connectivity index (χ0n) is 11.8. The summed E-state index contributed by atoms with van der Waals surface area (Å²) in [5.74, 6) is 0.293. The minimum atomic E-state index is 0.202. The normalized spacial score (nSPS) is 18.1. The molecule has 2 aromatic heterocycles. The smallest absolute Gasteiger partial charge is 0.223 e. The molecule has 0 aliphatic carbocycles. The van der Waals surface area contributed by atoms with Gasteiger partial charge in [0.1, 0.15) is 0 Å². The van der Waals surface area contributed by atoms with E-state index in [0.717, 1.165) is 25.9 Å². The Balaban J connectivity index is 1.55. The lowest BCUT2D eigenvalue weighted by molar-refractivity contribution is -0.134. The fourth-order valence-electron chi connectivity index (χ4n) is 2.93. The van der Waals surface area contributed by atoms with Crippen LogP contribution in [0.4, 0.5) is 0 Å². The van der Waals surface area contributed by atoms with E-state index >= 15 is 0 Å². The Kier molecular flexibility index (Phi) is 3.92. The maximum atomic E-state index is 12.4. The molecule has 3 nitrogen and oxygen atoms in total. The first-order chi connectivity index (χ1) is 9.75. The summed E-state index contributed by atoms with van der Waals surface area (Å²) in [5, 5.41) is 2.10. The fourth-order valence-corrected chi connectivity index (χ4v) is 3.68. The van der Waals surface area contributed by atoms with Crippen molar-refractivity contribution in [2.75, 3.05) is 6.54 Å². The Hall–Kier alpha value is -1.55. The largest absolute Gasteiger partial charge is 0.348 e. The van der Waals surface area contributed by atoms with Gasteiger partial charge in [0.2, 0.25) is 5.91 Å². The molecule has 0 unspecified atom stereocenters. The van der Waals surface area contributed by atoms with Crippen LogP contribution in [0.25, 0.3) is 0 Å². The molecule has 4 heteroatoms. The van der Waals surface area contributed by atoms with Gasteiger partial charge in [-0.3, -0.25) is 4.79 Å². The number of fused-ring (bicyclic) bond motifs is 1. The van der Waals surface area contributed by atoms with E-state index in [1.165, 1.54) is 10.6 Å². The first-order valence-electron chi connectivity index (χ1n) is 7.22. The van der Waals surface area contributed by atoms with Crippen LogP contribution in [0.5, 0.6) is 0 Å². The molecular weight excluding hydrogens is 268 g/mol. The highest BCUT2D eigenvalue weighted by Gasteiger charge is 2.26. The highest BCUT2D eigenvalue weighted by Crippen LogP contribution is 2.26. The van der Waals surface area contributed by atoms with E-state index in [0.29, 0.717) is 12.3 Å². The lowest BCUT2D eigenvalue weighted by Crippen LogP contribution is -2.40. The van der Waals surface area contributed by atoms with E-state index in [1.807, 2.05) is 4.90 Å². The minimum absolute atomic E-state index is 0.202.